The van der Waals surface area contributed by atoms with E-state index in [9.17, 15) is 65.8 Å². The van der Waals surface area contributed by atoms with Crippen LogP contribution in [-0.4, -0.2) is 162 Å². The van der Waals surface area contributed by atoms with Crippen molar-refractivity contribution in [2.45, 2.75) is 166 Å². The number of hydrogen-bond acceptors (Lipinski definition) is 15. The maximum absolute atomic E-state index is 13.8. The minimum absolute atomic E-state index is 0.0607. The zero-order valence-electron chi connectivity index (χ0n) is 34.6. The Morgan fingerprint density at radius 1 is 0.712 bits per heavy atom. The Morgan fingerprint density at radius 2 is 1.32 bits per heavy atom. The monoisotopic (exact) mass is 842 g/mol. The largest absolute Gasteiger partial charge is 0.481 e. The van der Waals surface area contributed by atoms with Gasteiger partial charge in [-0.05, 0) is 98.7 Å². The molecule has 0 spiro atoms. The Morgan fingerprint density at radius 3 is 1.92 bits per heavy atom. The van der Waals surface area contributed by atoms with E-state index < -0.39 is 132 Å². The molecule has 4 saturated carbocycles. The minimum atomic E-state index is -1.92. The zero-order valence-corrected chi connectivity index (χ0v) is 34.6. The topological polar surface area (TPSA) is 294 Å². The number of aliphatic hydroxyl groups is 9. The molecule has 2 aliphatic heterocycles. The summed E-state index contributed by atoms with van der Waals surface area (Å²) in [5, 5.41) is 119. The second-order valence-corrected chi connectivity index (χ2v) is 20.5. The summed E-state index contributed by atoms with van der Waals surface area (Å²) in [5.41, 5.74) is -4.05. The smallest absolute Gasteiger partial charge is 0.312 e. The normalized spacial score (nSPS) is 53.2. The molecule has 5 aliphatic carbocycles. The molecule has 2 heterocycles. The quantitative estimate of drug-likeness (QED) is 0.107. The first-order valence-electron chi connectivity index (χ1n) is 21.2. The van der Waals surface area contributed by atoms with Crippen molar-refractivity contribution in [1.29, 1.82) is 0 Å². The minimum Gasteiger partial charge on any atom is -0.481 e. The molecular formula is C42H66O17. The number of carboxylic acid groups (broad SMARTS) is 2. The first-order valence-corrected chi connectivity index (χ1v) is 21.2. The summed E-state index contributed by atoms with van der Waals surface area (Å²) in [7, 11) is 0. The number of carbonyl (C=O) groups is 2. The van der Waals surface area contributed by atoms with E-state index in [2.05, 4.69) is 26.8 Å². The van der Waals surface area contributed by atoms with Crippen LogP contribution in [-0.2, 0) is 28.5 Å². The van der Waals surface area contributed by atoms with Gasteiger partial charge in [0.2, 0.25) is 0 Å². The van der Waals surface area contributed by atoms with Crippen LogP contribution in [0.3, 0.4) is 0 Å². The number of allylic oxidation sites excluding steroid dienone is 1. The van der Waals surface area contributed by atoms with Crippen LogP contribution in [0.25, 0.3) is 0 Å². The number of rotatable bonds is 9. The van der Waals surface area contributed by atoms with Crippen molar-refractivity contribution >= 4 is 11.9 Å². The molecule has 7 rings (SSSR count). The number of hydrogen-bond donors (Lipinski definition) is 11. The Bertz CT molecular complexity index is 1640. The lowest BCUT2D eigenvalue weighted by molar-refractivity contribution is -0.382. The van der Waals surface area contributed by atoms with Crippen molar-refractivity contribution in [2.24, 2.45) is 50.2 Å². The molecule has 2 saturated heterocycles. The molecule has 0 aromatic carbocycles. The van der Waals surface area contributed by atoms with E-state index in [1.807, 2.05) is 6.92 Å². The molecule has 17 nitrogen and oxygen atoms in total. The molecule has 17 heteroatoms. The van der Waals surface area contributed by atoms with E-state index in [0.29, 0.717) is 44.9 Å². The van der Waals surface area contributed by atoms with Crippen molar-refractivity contribution in [2.75, 3.05) is 19.8 Å². The summed E-state index contributed by atoms with van der Waals surface area (Å²) >= 11 is 0. The third kappa shape index (κ3) is 6.50. The zero-order chi connectivity index (χ0) is 43.4. The van der Waals surface area contributed by atoms with Crippen molar-refractivity contribution in [3.8, 4) is 0 Å². The maximum atomic E-state index is 13.8. The fourth-order valence-electron chi connectivity index (χ4n) is 13.9. The summed E-state index contributed by atoms with van der Waals surface area (Å²) in [6.07, 6.45) is -14.0. The van der Waals surface area contributed by atoms with Gasteiger partial charge in [-0.1, -0.05) is 39.3 Å². The molecule has 0 amide bonds. The average molecular weight is 843 g/mol. The van der Waals surface area contributed by atoms with Gasteiger partial charge in [0, 0.05) is 5.41 Å². The van der Waals surface area contributed by atoms with Crippen LogP contribution in [0.2, 0.25) is 0 Å². The van der Waals surface area contributed by atoms with Crippen molar-refractivity contribution in [3.63, 3.8) is 0 Å². The predicted molar refractivity (Wildman–Crippen MR) is 203 cm³/mol. The fourth-order valence-corrected chi connectivity index (χ4v) is 13.9. The van der Waals surface area contributed by atoms with Crippen LogP contribution in [0.5, 0.6) is 0 Å². The van der Waals surface area contributed by atoms with Gasteiger partial charge in [-0.15, -0.1) is 0 Å². The summed E-state index contributed by atoms with van der Waals surface area (Å²) in [6.45, 7) is 8.18. The number of ether oxygens (including phenoxy) is 4. The van der Waals surface area contributed by atoms with Crippen LogP contribution in [0.1, 0.15) is 92.4 Å². The third-order valence-electron chi connectivity index (χ3n) is 17.3. The maximum Gasteiger partial charge on any atom is 0.312 e. The first-order chi connectivity index (χ1) is 27.5. The van der Waals surface area contributed by atoms with E-state index in [-0.39, 0.29) is 30.3 Å². The van der Waals surface area contributed by atoms with Gasteiger partial charge in [0.05, 0.1) is 36.8 Å². The second kappa shape index (κ2) is 15.5. The summed E-state index contributed by atoms with van der Waals surface area (Å²) < 4.78 is 23.6. The van der Waals surface area contributed by atoms with E-state index in [0.717, 1.165) is 12.0 Å². The molecule has 336 valence electrons. The van der Waals surface area contributed by atoms with Crippen LogP contribution in [0.4, 0.5) is 0 Å². The molecule has 6 fully saturated rings. The van der Waals surface area contributed by atoms with Gasteiger partial charge < -0.3 is 75.1 Å². The van der Waals surface area contributed by atoms with Gasteiger partial charge >= 0.3 is 11.9 Å². The van der Waals surface area contributed by atoms with Crippen molar-refractivity contribution in [3.05, 3.63) is 11.6 Å². The predicted octanol–water partition coefficient (Wildman–Crippen LogP) is -0.110. The van der Waals surface area contributed by atoms with Gasteiger partial charge in [0.1, 0.15) is 54.9 Å². The molecular weight excluding hydrogens is 776 g/mol. The lowest BCUT2D eigenvalue weighted by atomic mass is 9.33. The lowest BCUT2D eigenvalue weighted by Crippen LogP contribution is -2.71. The summed E-state index contributed by atoms with van der Waals surface area (Å²) in [4.78, 5) is 26.9. The van der Waals surface area contributed by atoms with Crippen LogP contribution < -0.4 is 0 Å². The number of aliphatic carboxylic acids is 2. The average Bonchev–Trinajstić information content (AvgIpc) is 3.18. The van der Waals surface area contributed by atoms with Gasteiger partial charge in [-0.25, -0.2) is 0 Å². The highest BCUT2D eigenvalue weighted by molar-refractivity contribution is 5.77. The van der Waals surface area contributed by atoms with Gasteiger partial charge in [-0.2, -0.15) is 0 Å². The van der Waals surface area contributed by atoms with E-state index in [1.54, 1.807) is 0 Å². The molecule has 20 atom stereocenters. The van der Waals surface area contributed by atoms with E-state index >= 15 is 0 Å². The molecule has 2 unspecified atom stereocenters. The first kappa shape index (κ1) is 45.2. The Hall–Kier alpha value is -1.84. The Balaban J connectivity index is 1.23. The molecule has 0 aromatic rings. The summed E-state index contributed by atoms with van der Waals surface area (Å²) in [5.74, 6) is -3.21. The molecule has 59 heavy (non-hydrogen) atoms. The molecule has 0 aromatic heterocycles. The highest BCUT2D eigenvalue weighted by Gasteiger charge is 2.73. The molecule has 7 aliphatic rings. The lowest BCUT2D eigenvalue weighted by Gasteiger charge is -2.71. The molecule has 11 N–H and O–H groups in total. The standard InChI is InChI=1S/C42H66O17/c1-37(2)10-11-41(36(54)55)12-13-42(18-45)19(20(41)14-37)6-7-24-38(3)15-21(46)32(40(5,35(52)53)25(38)8-9-39(24,42)4)59-34-31(29(50)27(48)23(17-44)57-34)58-33-30(51)28(49)26(47)22(16-43)56-33/h6,20-34,43-51H,7-18H2,1-5H3,(H,52,53)(H,54,55)/t20?,21-,22+,23+,24+,25?,26+,27+,28-,29-,30+,31+,32-,33-,34-,38+,39+,40-,41-,42-/m0/s1. The molecule has 0 bridgehead atoms. The molecule has 0 radical (unpaired) electrons. The second-order valence-electron chi connectivity index (χ2n) is 20.5. The van der Waals surface area contributed by atoms with E-state index in [4.69, 9.17) is 18.9 Å². The van der Waals surface area contributed by atoms with Crippen LogP contribution >= 0.6 is 0 Å². The van der Waals surface area contributed by atoms with E-state index in [1.165, 1.54) is 6.92 Å². The number of fused-ring (bicyclic) bond motifs is 7. The van der Waals surface area contributed by atoms with Gasteiger partial charge in [0.15, 0.2) is 12.6 Å². The SMILES string of the molecule is CC1(C)CC[C@]2(C(=O)O)CC[C@]3(CO)C(=CC[C@@H]4[C@@]5(C)C[C@H](O)[C@H](O[C@@H]6O[C@H](CO)[C@@H](O)[C@H](O)[C@H]6O[C@@H]6O[C@H](CO)[C@@H](O)[C@H](O)[C@H]6O)[C@@](C)(C(=O)O)C5CC[C@]43C)C2C1. The van der Waals surface area contributed by atoms with Gasteiger partial charge in [-0.3, -0.25) is 9.59 Å². The van der Waals surface area contributed by atoms with Crippen LogP contribution in [0, 0.1) is 50.2 Å². The highest BCUT2D eigenvalue weighted by Crippen LogP contribution is 2.76. The number of carboxylic acids is 2. The Labute approximate surface area is 343 Å². The van der Waals surface area contributed by atoms with Crippen molar-refractivity contribution < 1.29 is 84.7 Å². The fraction of sp³-hybridized carbons (Fsp3) is 0.905. The van der Waals surface area contributed by atoms with Gasteiger partial charge in [0.25, 0.3) is 0 Å². The highest BCUT2D eigenvalue weighted by atomic mass is 16.8. The number of aliphatic hydroxyl groups excluding tert-OH is 9. The summed E-state index contributed by atoms with van der Waals surface area (Å²) in [6, 6.07) is 0. The van der Waals surface area contributed by atoms with Crippen molar-refractivity contribution in [1.82, 2.24) is 0 Å². The third-order valence-corrected chi connectivity index (χ3v) is 17.3. The van der Waals surface area contributed by atoms with Crippen LogP contribution in [0.15, 0.2) is 11.6 Å². The Kier molecular flexibility index (Phi) is 11.8.